The molecule has 0 saturated carbocycles. The molecule has 0 aliphatic rings. The molecule has 0 aromatic carbocycles. The lowest BCUT2D eigenvalue weighted by Gasteiger charge is -2.24. The van der Waals surface area contributed by atoms with Gasteiger partial charge in [0.05, 0.1) is 11.4 Å². The average molecular weight is 317 g/mol. The molecule has 0 fully saturated rings. The first-order valence-corrected chi connectivity index (χ1v) is 6.94. The van der Waals surface area contributed by atoms with Gasteiger partial charge in [0.1, 0.15) is 11.5 Å². The van der Waals surface area contributed by atoms with Crippen molar-refractivity contribution in [2.24, 2.45) is 0 Å². The summed E-state index contributed by atoms with van der Waals surface area (Å²) in [5.41, 5.74) is 0. The first kappa shape index (κ1) is 15.2. The molecule has 1 heterocycles. The van der Waals surface area contributed by atoms with Crippen LogP contribution in [-0.2, 0) is 11.3 Å². The number of hydrogen-bond acceptors (Lipinski definition) is 3. The van der Waals surface area contributed by atoms with Gasteiger partial charge in [-0.1, -0.05) is 15.9 Å². The Hall–Kier alpha value is -0.810. The van der Waals surface area contributed by atoms with Crippen molar-refractivity contribution in [1.82, 2.24) is 9.80 Å². The lowest BCUT2D eigenvalue weighted by molar-refractivity contribution is -0.131. The SMILES string of the molecule is Cc1ccc(CN(CCN(C)C)C(=O)C(C)Br)o1. The Balaban J connectivity index is 2.67. The maximum Gasteiger partial charge on any atom is 0.236 e. The molecule has 18 heavy (non-hydrogen) atoms. The molecule has 0 radical (unpaired) electrons. The monoisotopic (exact) mass is 316 g/mol. The van der Waals surface area contributed by atoms with Gasteiger partial charge in [0.2, 0.25) is 5.91 Å². The predicted molar refractivity (Wildman–Crippen MR) is 75.8 cm³/mol. The predicted octanol–water partition coefficient (Wildman–Crippen LogP) is 2.26. The van der Waals surface area contributed by atoms with Crippen LogP contribution in [-0.4, -0.2) is 47.7 Å². The highest BCUT2D eigenvalue weighted by Gasteiger charge is 2.19. The van der Waals surface area contributed by atoms with E-state index in [1.54, 1.807) is 0 Å². The summed E-state index contributed by atoms with van der Waals surface area (Å²) in [7, 11) is 3.99. The number of aryl methyl sites for hydroxylation is 1. The van der Waals surface area contributed by atoms with Crippen LogP contribution >= 0.6 is 15.9 Å². The molecule has 5 heteroatoms. The number of amides is 1. The molecule has 0 N–H and O–H groups in total. The van der Waals surface area contributed by atoms with E-state index < -0.39 is 0 Å². The van der Waals surface area contributed by atoms with E-state index in [2.05, 4.69) is 20.8 Å². The largest absolute Gasteiger partial charge is 0.464 e. The molecule has 0 saturated heterocycles. The Kier molecular flexibility index (Phi) is 5.88. The minimum atomic E-state index is -0.171. The van der Waals surface area contributed by atoms with Gasteiger partial charge in [0, 0.05) is 13.1 Å². The van der Waals surface area contributed by atoms with Crippen LogP contribution in [0.5, 0.6) is 0 Å². The molecule has 0 spiro atoms. The average Bonchev–Trinajstić information content (AvgIpc) is 2.68. The second-order valence-electron chi connectivity index (χ2n) is 4.69. The lowest BCUT2D eigenvalue weighted by atomic mass is 10.3. The summed E-state index contributed by atoms with van der Waals surface area (Å²) in [6.07, 6.45) is 0. The van der Waals surface area contributed by atoms with E-state index in [0.29, 0.717) is 13.1 Å². The van der Waals surface area contributed by atoms with Gasteiger partial charge in [-0.05, 0) is 40.1 Å². The topological polar surface area (TPSA) is 36.7 Å². The van der Waals surface area contributed by atoms with Gasteiger partial charge in [-0.2, -0.15) is 0 Å². The number of alkyl halides is 1. The fraction of sp³-hybridized carbons (Fsp3) is 0.615. The number of hydrogen-bond donors (Lipinski definition) is 0. The summed E-state index contributed by atoms with van der Waals surface area (Å²) < 4.78 is 5.53. The van der Waals surface area contributed by atoms with E-state index in [1.165, 1.54) is 0 Å². The molecule has 0 aliphatic carbocycles. The standard InChI is InChI=1S/C13H21BrN2O2/c1-10-5-6-12(18-10)9-16(8-7-15(3)4)13(17)11(2)14/h5-6,11H,7-9H2,1-4H3. The van der Waals surface area contributed by atoms with Crippen molar-refractivity contribution in [2.45, 2.75) is 25.2 Å². The van der Waals surface area contributed by atoms with Crippen LogP contribution < -0.4 is 0 Å². The maximum atomic E-state index is 12.1. The summed E-state index contributed by atoms with van der Waals surface area (Å²) in [5.74, 6) is 1.79. The van der Waals surface area contributed by atoms with Crippen LogP contribution in [0.1, 0.15) is 18.4 Å². The lowest BCUT2D eigenvalue weighted by Crippen LogP contribution is -2.39. The third kappa shape index (κ3) is 4.82. The molecule has 1 atom stereocenters. The number of likely N-dealkylation sites (N-methyl/N-ethyl adjacent to an activating group) is 1. The Morgan fingerprint density at radius 3 is 2.50 bits per heavy atom. The molecule has 1 aromatic rings. The van der Waals surface area contributed by atoms with Crippen molar-refractivity contribution in [2.75, 3.05) is 27.2 Å². The normalized spacial score (nSPS) is 12.8. The van der Waals surface area contributed by atoms with Gasteiger partial charge in [-0.15, -0.1) is 0 Å². The van der Waals surface area contributed by atoms with Crippen LogP contribution in [0.3, 0.4) is 0 Å². The highest BCUT2D eigenvalue weighted by molar-refractivity contribution is 9.10. The highest BCUT2D eigenvalue weighted by atomic mass is 79.9. The van der Waals surface area contributed by atoms with Gasteiger partial charge in [-0.25, -0.2) is 0 Å². The van der Waals surface area contributed by atoms with Crippen molar-refractivity contribution < 1.29 is 9.21 Å². The molecule has 0 aliphatic heterocycles. The summed E-state index contributed by atoms with van der Waals surface area (Å²) >= 11 is 3.33. The first-order chi connectivity index (χ1) is 8.40. The Labute approximate surface area is 117 Å². The molecular weight excluding hydrogens is 296 g/mol. The van der Waals surface area contributed by atoms with E-state index in [-0.39, 0.29) is 10.7 Å². The molecule has 1 unspecified atom stereocenters. The number of halogens is 1. The number of rotatable bonds is 6. The van der Waals surface area contributed by atoms with Gasteiger partial charge < -0.3 is 14.2 Å². The number of furan rings is 1. The quantitative estimate of drug-likeness (QED) is 0.755. The van der Waals surface area contributed by atoms with Crippen LogP contribution in [0.25, 0.3) is 0 Å². The van der Waals surface area contributed by atoms with Crippen molar-refractivity contribution >= 4 is 21.8 Å². The fourth-order valence-electron chi connectivity index (χ4n) is 1.60. The van der Waals surface area contributed by atoms with Gasteiger partial charge in [-0.3, -0.25) is 4.79 Å². The minimum Gasteiger partial charge on any atom is -0.464 e. The highest BCUT2D eigenvalue weighted by Crippen LogP contribution is 2.12. The van der Waals surface area contributed by atoms with Gasteiger partial charge >= 0.3 is 0 Å². The fourth-order valence-corrected chi connectivity index (χ4v) is 1.89. The second kappa shape index (κ2) is 6.95. The summed E-state index contributed by atoms with van der Waals surface area (Å²) in [4.78, 5) is 15.8. The molecular formula is C13H21BrN2O2. The van der Waals surface area contributed by atoms with Crippen LogP contribution in [0.15, 0.2) is 16.5 Å². The Morgan fingerprint density at radius 1 is 1.39 bits per heavy atom. The Bertz CT molecular complexity index is 388. The zero-order valence-electron chi connectivity index (χ0n) is 11.4. The van der Waals surface area contributed by atoms with E-state index in [9.17, 15) is 4.79 Å². The van der Waals surface area contributed by atoms with E-state index in [1.807, 2.05) is 45.0 Å². The van der Waals surface area contributed by atoms with Crippen molar-refractivity contribution in [3.05, 3.63) is 23.7 Å². The molecule has 1 aromatic heterocycles. The second-order valence-corrected chi connectivity index (χ2v) is 6.06. The zero-order valence-corrected chi connectivity index (χ0v) is 13.0. The molecule has 0 bridgehead atoms. The molecule has 102 valence electrons. The van der Waals surface area contributed by atoms with E-state index >= 15 is 0 Å². The smallest absolute Gasteiger partial charge is 0.236 e. The van der Waals surface area contributed by atoms with Crippen molar-refractivity contribution in [3.8, 4) is 0 Å². The van der Waals surface area contributed by atoms with E-state index in [4.69, 9.17) is 4.42 Å². The van der Waals surface area contributed by atoms with E-state index in [0.717, 1.165) is 18.1 Å². The number of nitrogens with zero attached hydrogens (tertiary/aromatic N) is 2. The molecule has 1 rings (SSSR count). The number of carbonyl (C=O) groups is 1. The third-order valence-electron chi connectivity index (χ3n) is 2.61. The maximum absolute atomic E-state index is 12.1. The number of carbonyl (C=O) groups excluding carboxylic acids is 1. The first-order valence-electron chi connectivity index (χ1n) is 6.03. The third-order valence-corrected chi connectivity index (χ3v) is 3.00. The van der Waals surface area contributed by atoms with Crippen LogP contribution in [0.4, 0.5) is 0 Å². The van der Waals surface area contributed by atoms with Gasteiger partial charge in [0.15, 0.2) is 0 Å². The van der Waals surface area contributed by atoms with Crippen molar-refractivity contribution in [3.63, 3.8) is 0 Å². The summed E-state index contributed by atoms with van der Waals surface area (Å²) in [6.45, 7) is 5.81. The summed E-state index contributed by atoms with van der Waals surface area (Å²) in [6, 6.07) is 3.84. The Morgan fingerprint density at radius 2 is 2.06 bits per heavy atom. The molecule has 4 nitrogen and oxygen atoms in total. The van der Waals surface area contributed by atoms with Gasteiger partial charge in [0.25, 0.3) is 0 Å². The molecule has 1 amide bonds. The zero-order chi connectivity index (χ0) is 13.7. The van der Waals surface area contributed by atoms with Crippen LogP contribution in [0, 0.1) is 6.92 Å². The minimum absolute atomic E-state index is 0.0888. The van der Waals surface area contributed by atoms with Crippen LogP contribution in [0.2, 0.25) is 0 Å². The summed E-state index contributed by atoms with van der Waals surface area (Å²) in [5, 5.41) is 0. The van der Waals surface area contributed by atoms with Crippen molar-refractivity contribution in [1.29, 1.82) is 0 Å².